The van der Waals surface area contributed by atoms with Crippen molar-refractivity contribution in [2.24, 2.45) is 0 Å². The van der Waals surface area contributed by atoms with Gasteiger partial charge in [-0.25, -0.2) is 19.4 Å². The first-order valence-corrected chi connectivity index (χ1v) is 8.65. The lowest BCUT2D eigenvalue weighted by Gasteiger charge is -2.24. The summed E-state index contributed by atoms with van der Waals surface area (Å²) in [5.74, 6) is -0.638. The number of aryl methyl sites for hydroxylation is 1. The van der Waals surface area contributed by atoms with E-state index < -0.39 is 12.1 Å². The third kappa shape index (κ3) is 6.58. The number of nitrogens with zero attached hydrogens (tertiary/aromatic N) is 2. The molecule has 7 nitrogen and oxygen atoms in total. The zero-order valence-electron chi connectivity index (χ0n) is 14.9. The van der Waals surface area contributed by atoms with Crippen LogP contribution < -0.4 is 0 Å². The Labute approximate surface area is 153 Å². The molecule has 0 atom stereocenters. The van der Waals surface area contributed by atoms with Gasteiger partial charge in [0.25, 0.3) is 0 Å². The molecule has 0 N–H and O–H groups in total. The fourth-order valence-electron chi connectivity index (χ4n) is 2.46. The SMILES string of the molecule is CN(CCC(=O)N1CC=CCC1)C(=O)OOC(=O)CCc1ccccc1. The Balaban J connectivity index is 1.62. The third-order valence-corrected chi connectivity index (χ3v) is 4.05. The first kappa shape index (κ1) is 19.5. The van der Waals surface area contributed by atoms with E-state index in [-0.39, 0.29) is 25.3 Å². The number of carbonyl (C=O) groups excluding carboxylic acids is 3. The maximum atomic E-state index is 12.0. The van der Waals surface area contributed by atoms with E-state index in [1.54, 1.807) is 4.90 Å². The highest BCUT2D eigenvalue weighted by Gasteiger charge is 2.18. The lowest BCUT2D eigenvalue weighted by atomic mass is 10.1. The molecule has 0 saturated heterocycles. The summed E-state index contributed by atoms with van der Waals surface area (Å²) in [5, 5.41) is 0. The Morgan fingerprint density at radius 3 is 2.54 bits per heavy atom. The van der Waals surface area contributed by atoms with Crippen LogP contribution in [0.2, 0.25) is 0 Å². The number of hydrogen-bond donors (Lipinski definition) is 0. The molecule has 0 saturated carbocycles. The second-order valence-corrected chi connectivity index (χ2v) is 6.06. The molecule has 1 aliphatic heterocycles. The Morgan fingerprint density at radius 2 is 1.85 bits per heavy atom. The van der Waals surface area contributed by atoms with Gasteiger partial charge in [-0.2, -0.15) is 0 Å². The van der Waals surface area contributed by atoms with E-state index in [4.69, 9.17) is 0 Å². The van der Waals surface area contributed by atoms with Gasteiger partial charge in [-0.3, -0.25) is 4.79 Å². The van der Waals surface area contributed by atoms with Gasteiger partial charge in [0, 0.05) is 33.1 Å². The van der Waals surface area contributed by atoms with E-state index in [0.29, 0.717) is 19.5 Å². The summed E-state index contributed by atoms with van der Waals surface area (Å²) < 4.78 is 0. The molecular weight excluding hydrogens is 336 g/mol. The number of carbonyl (C=O) groups is 3. The van der Waals surface area contributed by atoms with Crippen molar-refractivity contribution in [3.05, 3.63) is 48.0 Å². The minimum atomic E-state index is -0.801. The van der Waals surface area contributed by atoms with Crippen molar-refractivity contribution < 1.29 is 24.2 Å². The van der Waals surface area contributed by atoms with E-state index >= 15 is 0 Å². The van der Waals surface area contributed by atoms with Gasteiger partial charge in [-0.15, -0.1) is 0 Å². The van der Waals surface area contributed by atoms with Crippen LogP contribution in [0.5, 0.6) is 0 Å². The molecule has 2 amide bonds. The molecule has 1 heterocycles. The zero-order chi connectivity index (χ0) is 18.8. The van der Waals surface area contributed by atoms with Gasteiger partial charge in [0.15, 0.2) is 0 Å². The molecule has 0 aliphatic carbocycles. The minimum absolute atomic E-state index is 0.0196. The molecule has 0 radical (unpaired) electrons. The van der Waals surface area contributed by atoms with Crippen molar-refractivity contribution in [2.75, 3.05) is 26.7 Å². The summed E-state index contributed by atoms with van der Waals surface area (Å²) in [6, 6.07) is 9.48. The van der Waals surface area contributed by atoms with Crippen molar-refractivity contribution in [1.29, 1.82) is 0 Å². The first-order valence-electron chi connectivity index (χ1n) is 8.65. The maximum absolute atomic E-state index is 12.0. The molecule has 140 valence electrons. The fraction of sp³-hybridized carbons (Fsp3) is 0.421. The minimum Gasteiger partial charge on any atom is -0.339 e. The molecule has 0 aromatic heterocycles. The van der Waals surface area contributed by atoms with E-state index in [9.17, 15) is 14.4 Å². The third-order valence-electron chi connectivity index (χ3n) is 4.05. The van der Waals surface area contributed by atoms with Gasteiger partial charge in [0.05, 0.1) is 6.42 Å². The summed E-state index contributed by atoms with van der Waals surface area (Å²) in [4.78, 5) is 47.5. The lowest BCUT2D eigenvalue weighted by Crippen LogP contribution is -2.37. The van der Waals surface area contributed by atoms with Gasteiger partial charge >= 0.3 is 12.1 Å². The highest BCUT2D eigenvalue weighted by molar-refractivity contribution is 5.77. The molecule has 26 heavy (non-hydrogen) atoms. The average molecular weight is 360 g/mol. The number of hydrogen-bond acceptors (Lipinski definition) is 5. The predicted octanol–water partition coefficient (Wildman–Crippen LogP) is 2.32. The zero-order valence-corrected chi connectivity index (χ0v) is 14.9. The highest BCUT2D eigenvalue weighted by atomic mass is 17.2. The van der Waals surface area contributed by atoms with E-state index in [1.165, 1.54) is 11.9 Å². The number of rotatable bonds is 6. The van der Waals surface area contributed by atoms with E-state index in [2.05, 4.69) is 9.78 Å². The summed E-state index contributed by atoms with van der Waals surface area (Å²) in [6.45, 7) is 1.49. The largest absolute Gasteiger partial charge is 0.452 e. The van der Waals surface area contributed by atoms with Crippen LogP contribution in [0.15, 0.2) is 42.5 Å². The van der Waals surface area contributed by atoms with Crippen molar-refractivity contribution >= 4 is 18.0 Å². The predicted molar refractivity (Wildman–Crippen MR) is 94.9 cm³/mol. The summed E-state index contributed by atoms with van der Waals surface area (Å²) in [6.07, 6.45) is 4.86. The Hall–Kier alpha value is -2.83. The smallest absolute Gasteiger partial charge is 0.339 e. The van der Waals surface area contributed by atoms with Gasteiger partial charge in [0.2, 0.25) is 5.91 Å². The van der Waals surface area contributed by atoms with Crippen LogP contribution in [-0.4, -0.2) is 54.5 Å². The van der Waals surface area contributed by atoms with Crippen LogP contribution in [-0.2, 0) is 25.8 Å². The molecule has 0 fully saturated rings. The molecular formula is C19H24N2O5. The van der Waals surface area contributed by atoms with Crippen LogP contribution in [0.3, 0.4) is 0 Å². The molecule has 1 aromatic rings. The van der Waals surface area contributed by atoms with Crippen LogP contribution in [0, 0.1) is 0 Å². The quantitative estimate of drug-likeness (QED) is 0.442. The second-order valence-electron chi connectivity index (χ2n) is 6.06. The van der Waals surface area contributed by atoms with Crippen molar-refractivity contribution in [1.82, 2.24) is 9.80 Å². The second kappa shape index (κ2) is 10.2. The first-order chi connectivity index (χ1) is 12.6. The molecule has 0 bridgehead atoms. The molecule has 1 aliphatic rings. The van der Waals surface area contributed by atoms with Crippen LogP contribution >= 0.6 is 0 Å². The summed E-state index contributed by atoms with van der Waals surface area (Å²) in [7, 11) is 1.49. The highest BCUT2D eigenvalue weighted by Crippen LogP contribution is 2.06. The van der Waals surface area contributed by atoms with Crippen molar-refractivity contribution in [3.63, 3.8) is 0 Å². The molecule has 0 unspecified atom stereocenters. The van der Waals surface area contributed by atoms with Crippen molar-refractivity contribution in [2.45, 2.75) is 25.7 Å². The Bertz CT molecular complexity index is 645. The summed E-state index contributed by atoms with van der Waals surface area (Å²) in [5.41, 5.74) is 0.999. The van der Waals surface area contributed by atoms with Crippen LogP contribution in [0.25, 0.3) is 0 Å². The molecule has 2 rings (SSSR count). The van der Waals surface area contributed by atoms with Crippen molar-refractivity contribution in [3.8, 4) is 0 Å². The van der Waals surface area contributed by atoms with Gasteiger partial charge < -0.3 is 9.80 Å². The van der Waals surface area contributed by atoms with Crippen LogP contribution in [0.4, 0.5) is 4.79 Å². The van der Waals surface area contributed by atoms with Gasteiger partial charge in [-0.1, -0.05) is 42.5 Å². The Morgan fingerprint density at radius 1 is 1.08 bits per heavy atom. The topological polar surface area (TPSA) is 76.2 Å². The molecule has 0 spiro atoms. The molecule has 7 heteroatoms. The monoisotopic (exact) mass is 360 g/mol. The average Bonchev–Trinajstić information content (AvgIpc) is 2.69. The lowest BCUT2D eigenvalue weighted by molar-refractivity contribution is -0.236. The van der Waals surface area contributed by atoms with Crippen LogP contribution in [0.1, 0.15) is 24.8 Å². The normalized spacial score (nSPS) is 13.2. The number of benzene rings is 1. The van der Waals surface area contributed by atoms with Gasteiger partial charge in [0.1, 0.15) is 0 Å². The van der Waals surface area contributed by atoms with E-state index in [0.717, 1.165) is 12.0 Å². The maximum Gasteiger partial charge on any atom is 0.452 e. The van der Waals surface area contributed by atoms with E-state index in [1.807, 2.05) is 42.5 Å². The van der Waals surface area contributed by atoms with Gasteiger partial charge in [-0.05, 0) is 18.4 Å². The Kier molecular flexibility index (Phi) is 7.67. The standard InChI is InChI=1S/C19H24N2O5/c1-20(15-12-17(22)21-13-6-3-7-14-21)19(24)26-25-18(23)11-10-16-8-4-2-5-9-16/h2-6,8-9H,7,10-15H2,1H3. The summed E-state index contributed by atoms with van der Waals surface area (Å²) >= 11 is 0. The molecule has 1 aromatic carbocycles. The fourth-order valence-corrected chi connectivity index (χ4v) is 2.46. The number of amides is 2.